The molecule has 2 aliphatic carbocycles. The molecule has 3 heteroatoms. The van der Waals surface area contributed by atoms with E-state index in [4.69, 9.17) is 0 Å². The number of rotatable bonds is 4. The zero-order chi connectivity index (χ0) is 14.2. The summed E-state index contributed by atoms with van der Waals surface area (Å²) in [6, 6.07) is 10.3. The van der Waals surface area contributed by atoms with Crippen LogP contribution in [0.3, 0.4) is 0 Å². The van der Waals surface area contributed by atoms with Crippen LogP contribution in [0.4, 0.5) is 11.6 Å². The lowest BCUT2D eigenvalue weighted by Gasteiger charge is -2.23. The van der Waals surface area contributed by atoms with Crippen molar-refractivity contribution in [3.63, 3.8) is 0 Å². The molecular weight excluding hydrogens is 258 g/mol. The van der Waals surface area contributed by atoms with Crippen molar-refractivity contribution < 1.29 is 0 Å². The van der Waals surface area contributed by atoms with Crippen LogP contribution in [0.1, 0.15) is 31.4 Å². The number of aromatic nitrogens is 2. The van der Waals surface area contributed by atoms with Crippen LogP contribution in [0.15, 0.2) is 36.5 Å². The number of anilines is 2. The second-order valence-electron chi connectivity index (χ2n) is 6.78. The number of benzene rings is 1. The number of imidazole rings is 1. The molecule has 0 aliphatic heterocycles. The summed E-state index contributed by atoms with van der Waals surface area (Å²) in [6.45, 7) is 3.20. The molecule has 1 aromatic heterocycles. The molecule has 1 N–H and O–H groups in total. The van der Waals surface area contributed by atoms with Crippen molar-refractivity contribution in [2.45, 2.75) is 39.2 Å². The number of hydrogen-bond donors (Lipinski definition) is 1. The zero-order valence-electron chi connectivity index (χ0n) is 12.6. The van der Waals surface area contributed by atoms with Gasteiger partial charge in [0.15, 0.2) is 0 Å². The fourth-order valence-electron chi connectivity index (χ4n) is 4.29. The Hall–Kier alpha value is -1.77. The maximum atomic E-state index is 4.66. The third kappa shape index (κ3) is 2.57. The average molecular weight is 281 g/mol. The zero-order valence-corrected chi connectivity index (χ0v) is 12.6. The highest BCUT2D eigenvalue weighted by molar-refractivity contribution is 5.53. The van der Waals surface area contributed by atoms with E-state index in [0.717, 1.165) is 41.6 Å². The highest BCUT2D eigenvalue weighted by atomic mass is 15.2. The second kappa shape index (κ2) is 5.21. The molecule has 0 saturated heterocycles. The van der Waals surface area contributed by atoms with Crippen LogP contribution in [0.5, 0.6) is 0 Å². The van der Waals surface area contributed by atoms with E-state index in [-0.39, 0.29) is 0 Å². The maximum absolute atomic E-state index is 4.66. The Labute approximate surface area is 126 Å². The lowest BCUT2D eigenvalue weighted by atomic mass is 9.89. The predicted molar refractivity (Wildman–Crippen MR) is 85.6 cm³/mol. The smallest absolute Gasteiger partial charge is 0.207 e. The lowest BCUT2D eigenvalue weighted by molar-refractivity contribution is 0.297. The van der Waals surface area contributed by atoms with Gasteiger partial charge in [-0.05, 0) is 56.1 Å². The van der Waals surface area contributed by atoms with Crippen molar-refractivity contribution in [3.05, 3.63) is 42.2 Å². The van der Waals surface area contributed by atoms with E-state index in [1.807, 2.05) is 6.07 Å². The molecule has 2 fully saturated rings. The van der Waals surface area contributed by atoms with E-state index in [2.05, 4.69) is 52.3 Å². The summed E-state index contributed by atoms with van der Waals surface area (Å²) in [4.78, 5) is 4.66. The van der Waals surface area contributed by atoms with Gasteiger partial charge >= 0.3 is 0 Å². The van der Waals surface area contributed by atoms with Crippen LogP contribution >= 0.6 is 0 Å². The molecule has 1 heterocycles. The molecule has 4 rings (SSSR count). The van der Waals surface area contributed by atoms with Gasteiger partial charge in [-0.15, -0.1) is 0 Å². The third-order valence-electron chi connectivity index (χ3n) is 5.24. The summed E-state index contributed by atoms with van der Waals surface area (Å²) in [6.07, 6.45) is 8.01. The van der Waals surface area contributed by atoms with E-state index in [9.17, 15) is 0 Å². The monoisotopic (exact) mass is 281 g/mol. The average Bonchev–Trinajstić information content (AvgIpc) is 3.17. The molecule has 2 aromatic rings. The standard InChI is InChI=1S/C18H23N3/c1-13-11-21(12-16-10-14-7-8-15(16)9-14)18(19-13)20-17-5-3-2-4-6-17/h2-6,11,14-16H,7-10,12H2,1H3,(H,19,20). The predicted octanol–water partition coefficient (Wildman–Crippen LogP) is 4.37. The first-order valence-electron chi connectivity index (χ1n) is 8.14. The summed E-state index contributed by atoms with van der Waals surface area (Å²) in [7, 11) is 0. The minimum absolute atomic E-state index is 0.855. The Balaban J connectivity index is 1.52. The topological polar surface area (TPSA) is 29.9 Å². The van der Waals surface area contributed by atoms with E-state index < -0.39 is 0 Å². The fraction of sp³-hybridized carbons (Fsp3) is 0.500. The van der Waals surface area contributed by atoms with Gasteiger partial charge in [-0.3, -0.25) is 0 Å². The van der Waals surface area contributed by atoms with Gasteiger partial charge in [-0.2, -0.15) is 0 Å². The number of hydrogen-bond acceptors (Lipinski definition) is 2. The third-order valence-corrected chi connectivity index (χ3v) is 5.24. The summed E-state index contributed by atoms with van der Waals surface area (Å²) < 4.78 is 2.33. The number of nitrogens with zero attached hydrogens (tertiary/aromatic N) is 2. The summed E-state index contributed by atoms with van der Waals surface area (Å²) in [5, 5.41) is 3.46. The molecule has 0 radical (unpaired) electrons. The Bertz CT molecular complexity index is 617. The van der Waals surface area contributed by atoms with Crippen LogP contribution in [-0.4, -0.2) is 9.55 Å². The van der Waals surface area contributed by atoms with Gasteiger partial charge in [0.2, 0.25) is 5.95 Å². The molecule has 2 bridgehead atoms. The second-order valence-corrected chi connectivity index (χ2v) is 6.78. The molecule has 2 aliphatic rings. The summed E-state index contributed by atoms with van der Waals surface area (Å²) in [5.74, 6) is 3.81. The van der Waals surface area contributed by atoms with Crippen LogP contribution in [0.2, 0.25) is 0 Å². The SMILES string of the molecule is Cc1cn(CC2CC3CCC2C3)c(Nc2ccccc2)n1. The van der Waals surface area contributed by atoms with Gasteiger partial charge in [0, 0.05) is 18.4 Å². The highest BCUT2D eigenvalue weighted by Gasteiger charge is 2.39. The lowest BCUT2D eigenvalue weighted by Crippen LogP contribution is -2.17. The van der Waals surface area contributed by atoms with Gasteiger partial charge in [-0.25, -0.2) is 4.98 Å². The first-order valence-corrected chi connectivity index (χ1v) is 8.14. The first kappa shape index (κ1) is 12.9. The van der Waals surface area contributed by atoms with Crippen LogP contribution in [0, 0.1) is 24.7 Å². The van der Waals surface area contributed by atoms with Gasteiger partial charge in [0.1, 0.15) is 0 Å². The minimum Gasteiger partial charge on any atom is -0.326 e. The van der Waals surface area contributed by atoms with Gasteiger partial charge < -0.3 is 9.88 Å². The molecular formula is C18H23N3. The molecule has 2 saturated carbocycles. The molecule has 0 spiro atoms. The molecule has 3 unspecified atom stereocenters. The summed E-state index contributed by atoms with van der Waals surface area (Å²) >= 11 is 0. The van der Waals surface area contributed by atoms with E-state index in [1.165, 1.54) is 25.7 Å². The van der Waals surface area contributed by atoms with E-state index in [0.29, 0.717) is 0 Å². The molecule has 110 valence electrons. The van der Waals surface area contributed by atoms with Crippen molar-refractivity contribution >= 4 is 11.6 Å². The minimum atomic E-state index is 0.855. The van der Waals surface area contributed by atoms with Crippen molar-refractivity contribution in [2.75, 3.05) is 5.32 Å². The Morgan fingerprint density at radius 2 is 2.05 bits per heavy atom. The molecule has 0 amide bonds. The Morgan fingerprint density at radius 1 is 1.19 bits per heavy atom. The number of para-hydroxylation sites is 1. The van der Waals surface area contributed by atoms with Gasteiger partial charge in [0.05, 0.1) is 5.69 Å². The Kier molecular flexibility index (Phi) is 3.21. The van der Waals surface area contributed by atoms with Crippen molar-refractivity contribution in [3.8, 4) is 0 Å². The Morgan fingerprint density at radius 3 is 2.76 bits per heavy atom. The highest BCUT2D eigenvalue weighted by Crippen LogP contribution is 2.49. The van der Waals surface area contributed by atoms with Crippen LogP contribution < -0.4 is 5.32 Å². The first-order chi connectivity index (χ1) is 10.3. The summed E-state index contributed by atoms with van der Waals surface area (Å²) in [5.41, 5.74) is 2.20. The van der Waals surface area contributed by atoms with Crippen LogP contribution in [0.25, 0.3) is 0 Å². The number of nitrogens with one attached hydrogen (secondary N) is 1. The van der Waals surface area contributed by atoms with Gasteiger partial charge in [-0.1, -0.05) is 24.6 Å². The quantitative estimate of drug-likeness (QED) is 0.901. The molecule has 1 aromatic carbocycles. The number of aryl methyl sites for hydroxylation is 1. The van der Waals surface area contributed by atoms with E-state index in [1.54, 1.807) is 0 Å². The molecule has 3 atom stereocenters. The van der Waals surface area contributed by atoms with Crippen molar-refractivity contribution in [1.29, 1.82) is 0 Å². The fourth-order valence-corrected chi connectivity index (χ4v) is 4.29. The van der Waals surface area contributed by atoms with Crippen molar-refractivity contribution in [2.24, 2.45) is 17.8 Å². The molecule has 3 nitrogen and oxygen atoms in total. The van der Waals surface area contributed by atoms with Gasteiger partial charge in [0.25, 0.3) is 0 Å². The van der Waals surface area contributed by atoms with E-state index >= 15 is 0 Å². The normalized spacial score (nSPS) is 27.2. The largest absolute Gasteiger partial charge is 0.326 e. The number of fused-ring (bicyclic) bond motifs is 2. The van der Waals surface area contributed by atoms with Crippen LogP contribution in [-0.2, 0) is 6.54 Å². The molecule has 21 heavy (non-hydrogen) atoms. The maximum Gasteiger partial charge on any atom is 0.207 e. The van der Waals surface area contributed by atoms with Crippen molar-refractivity contribution in [1.82, 2.24) is 9.55 Å².